The summed E-state index contributed by atoms with van der Waals surface area (Å²) in [6, 6.07) is 0. The Morgan fingerprint density at radius 3 is 1.21 bits per heavy atom. The molecule has 0 fully saturated rings. The van der Waals surface area contributed by atoms with E-state index in [2.05, 4.69) is 4.90 Å². The Labute approximate surface area is 176 Å². The fourth-order valence-electron chi connectivity index (χ4n) is 2.10. The summed E-state index contributed by atoms with van der Waals surface area (Å²) in [7, 11) is 4.05. The molecule has 28 heavy (non-hydrogen) atoms. The van der Waals surface area contributed by atoms with Crippen molar-refractivity contribution in [3.8, 4) is 0 Å². The third-order valence-electron chi connectivity index (χ3n) is 3.72. The van der Waals surface area contributed by atoms with Gasteiger partial charge in [-0.25, -0.2) is 0 Å². The highest BCUT2D eigenvalue weighted by Crippen LogP contribution is 2.01. The Morgan fingerprint density at radius 2 is 0.821 bits per heavy atom. The van der Waals surface area contributed by atoms with Gasteiger partial charge in [0, 0.05) is 19.0 Å². The van der Waals surface area contributed by atoms with Crippen molar-refractivity contribution in [2.24, 2.45) is 0 Å². The van der Waals surface area contributed by atoms with Crippen molar-refractivity contribution >= 4 is 11.6 Å². The van der Waals surface area contributed by atoms with E-state index in [4.69, 9.17) is 40.0 Å². The fourth-order valence-corrected chi connectivity index (χ4v) is 2.29. The highest BCUT2D eigenvalue weighted by atomic mass is 35.5. The number of rotatable bonds is 24. The van der Waals surface area contributed by atoms with Gasteiger partial charge in [0.1, 0.15) is 0 Å². The number of nitrogens with zero attached hydrogens (tertiary/aromatic N) is 1. The van der Waals surface area contributed by atoms with Crippen LogP contribution < -0.4 is 0 Å². The van der Waals surface area contributed by atoms with Crippen molar-refractivity contribution in [1.29, 1.82) is 0 Å². The van der Waals surface area contributed by atoms with Crippen molar-refractivity contribution in [1.82, 2.24) is 4.90 Å². The zero-order valence-electron chi connectivity index (χ0n) is 18.0. The summed E-state index contributed by atoms with van der Waals surface area (Å²) >= 11 is 5.63. The maximum atomic E-state index is 5.63. The number of hydrogen-bond donors (Lipinski definition) is 0. The molecule has 0 saturated carbocycles. The van der Waals surface area contributed by atoms with E-state index in [1.165, 1.54) is 12.8 Å². The molecule has 0 atom stereocenters. The summed E-state index contributed by atoms with van der Waals surface area (Å²) in [5, 5.41) is 0. The molecule has 170 valence electrons. The van der Waals surface area contributed by atoms with E-state index < -0.39 is 0 Å². The second-order valence-electron chi connectivity index (χ2n) is 6.58. The molecule has 0 radical (unpaired) electrons. The minimum atomic E-state index is 0.565. The van der Waals surface area contributed by atoms with Gasteiger partial charge in [-0.3, -0.25) is 0 Å². The lowest BCUT2D eigenvalue weighted by atomic mass is 10.2. The summed E-state index contributed by atoms with van der Waals surface area (Å²) in [5.41, 5.74) is 0. The van der Waals surface area contributed by atoms with Gasteiger partial charge in [-0.2, -0.15) is 0 Å². The highest BCUT2D eigenvalue weighted by molar-refractivity contribution is 6.17. The Hall–Kier alpha value is 0.01000. The predicted octanol–water partition coefficient (Wildman–Crippen LogP) is 2.45. The van der Waals surface area contributed by atoms with Gasteiger partial charge in [0.15, 0.2) is 0 Å². The number of halogens is 1. The van der Waals surface area contributed by atoms with Crippen LogP contribution in [0.1, 0.15) is 25.7 Å². The molecule has 0 aliphatic heterocycles. The molecule has 0 aromatic rings. The topological polar surface area (TPSA) is 58.6 Å². The first-order chi connectivity index (χ1) is 13.8. The van der Waals surface area contributed by atoms with Gasteiger partial charge in [0.25, 0.3) is 0 Å². The van der Waals surface area contributed by atoms with Crippen LogP contribution in [0.15, 0.2) is 0 Å². The van der Waals surface area contributed by atoms with Gasteiger partial charge in [-0.1, -0.05) is 12.8 Å². The van der Waals surface area contributed by atoms with Crippen LogP contribution in [-0.4, -0.2) is 111 Å². The van der Waals surface area contributed by atoms with Crippen molar-refractivity contribution in [2.45, 2.75) is 25.7 Å². The molecule has 0 bridgehead atoms. The third-order valence-corrected chi connectivity index (χ3v) is 3.98. The molecule has 0 N–H and O–H groups in total. The van der Waals surface area contributed by atoms with Crippen molar-refractivity contribution < 1.29 is 28.4 Å². The summed E-state index contributed by atoms with van der Waals surface area (Å²) in [5.74, 6) is 0.755. The van der Waals surface area contributed by atoms with Gasteiger partial charge in [-0.15, -0.1) is 11.6 Å². The normalized spacial score (nSPS) is 11.6. The first-order valence-corrected chi connectivity index (χ1v) is 11.0. The maximum absolute atomic E-state index is 5.63. The van der Waals surface area contributed by atoms with Crippen molar-refractivity contribution in [3.63, 3.8) is 0 Å². The smallest absolute Gasteiger partial charge is 0.0701 e. The van der Waals surface area contributed by atoms with Crippen LogP contribution in [-0.2, 0) is 28.4 Å². The van der Waals surface area contributed by atoms with Crippen LogP contribution in [0.5, 0.6) is 0 Å². The predicted molar refractivity (Wildman–Crippen MR) is 113 cm³/mol. The minimum absolute atomic E-state index is 0.565. The lowest BCUT2D eigenvalue weighted by Gasteiger charge is -2.10. The van der Waals surface area contributed by atoms with Crippen LogP contribution in [0.3, 0.4) is 0 Å². The first kappa shape index (κ1) is 28.0. The second-order valence-corrected chi connectivity index (χ2v) is 6.96. The molecule has 0 spiro atoms. The number of ether oxygens (including phenoxy) is 6. The average molecular weight is 428 g/mol. The molecule has 0 aliphatic carbocycles. The number of hydrogen-bond acceptors (Lipinski definition) is 7. The molecule has 0 unspecified atom stereocenters. The van der Waals surface area contributed by atoms with Crippen LogP contribution in [0.2, 0.25) is 0 Å². The van der Waals surface area contributed by atoms with Gasteiger partial charge >= 0.3 is 0 Å². The summed E-state index contributed by atoms with van der Waals surface area (Å²) in [4.78, 5) is 2.09. The molecule has 0 amide bonds. The van der Waals surface area contributed by atoms with E-state index in [0.29, 0.717) is 66.1 Å². The summed E-state index contributed by atoms with van der Waals surface area (Å²) in [6.45, 7) is 8.36. The molecule has 0 rings (SSSR count). The van der Waals surface area contributed by atoms with E-state index in [1.54, 1.807) is 0 Å². The Morgan fingerprint density at radius 1 is 0.464 bits per heavy atom. The summed E-state index contributed by atoms with van der Waals surface area (Å²) in [6.07, 6.45) is 4.55. The number of alkyl halides is 1. The van der Waals surface area contributed by atoms with Gasteiger partial charge in [0.2, 0.25) is 0 Å². The molecule has 0 heterocycles. The Balaban J connectivity index is 2.98. The zero-order valence-corrected chi connectivity index (χ0v) is 18.8. The molecule has 0 saturated heterocycles. The molecule has 7 nitrogen and oxygen atoms in total. The first-order valence-electron chi connectivity index (χ1n) is 10.4. The van der Waals surface area contributed by atoms with Crippen molar-refractivity contribution in [2.75, 3.05) is 106 Å². The number of likely N-dealkylation sites (N-methyl/N-ethyl adjacent to an activating group) is 1. The molecule has 0 aromatic carbocycles. The third kappa shape index (κ3) is 26.0. The quantitative estimate of drug-likeness (QED) is 0.173. The molecular formula is C20H42ClNO6. The van der Waals surface area contributed by atoms with Crippen LogP contribution in [0.25, 0.3) is 0 Å². The zero-order chi connectivity index (χ0) is 20.5. The number of unbranched alkanes of at least 4 members (excludes halogenated alkanes) is 3. The molecule has 8 heteroatoms. The fraction of sp³-hybridized carbons (Fsp3) is 1.00. The van der Waals surface area contributed by atoms with E-state index in [0.717, 1.165) is 38.5 Å². The standard InChI is InChI=1S/C20H42ClNO6/c1-22(2)8-10-24-12-14-26-16-18-28-20-19-27-17-15-25-13-11-23-9-6-4-3-5-7-21/h3-20H2,1-2H3. The minimum Gasteiger partial charge on any atom is -0.379 e. The SMILES string of the molecule is CN(C)CCOCCOCCOCCOCCOCCOCCCCCCCl. The Kier molecular flexibility index (Phi) is 25.1. The largest absolute Gasteiger partial charge is 0.379 e. The maximum Gasteiger partial charge on any atom is 0.0701 e. The molecule has 0 aromatic heterocycles. The van der Waals surface area contributed by atoms with Crippen LogP contribution in [0.4, 0.5) is 0 Å². The van der Waals surface area contributed by atoms with Crippen LogP contribution in [0, 0.1) is 0 Å². The van der Waals surface area contributed by atoms with Crippen molar-refractivity contribution in [3.05, 3.63) is 0 Å². The second kappa shape index (κ2) is 25.0. The van der Waals surface area contributed by atoms with E-state index >= 15 is 0 Å². The van der Waals surface area contributed by atoms with E-state index in [9.17, 15) is 0 Å². The highest BCUT2D eigenvalue weighted by Gasteiger charge is 1.95. The van der Waals surface area contributed by atoms with Gasteiger partial charge in [-0.05, 0) is 26.9 Å². The lowest BCUT2D eigenvalue weighted by molar-refractivity contribution is -0.0172. The van der Waals surface area contributed by atoms with E-state index in [-0.39, 0.29) is 0 Å². The van der Waals surface area contributed by atoms with Gasteiger partial charge in [0.05, 0.1) is 72.7 Å². The summed E-state index contributed by atoms with van der Waals surface area (Å²) < 4.78 is 32.7. The monoisotopic (exact) mass is 427 g/mol. The van der Waals surface area contributed by atoms with Gasteiger partial charge < -0.3 is 33.3 Å². The van der Waals surface area contributed by atoms with Crippen LogP contribution >= 0.6 is 11.6 Å². The lowest BCUT2D eigenvalue weighted by Crippen LogP contribution is -2.19. The Bertz CT molecular complexity index is 287. The van der Waals surface area contributed by atoms with E-state index in [1.807, 2.05) is 14.1 Å². The molecule has 0 aliphatic rings. The molecular weight excluding hydrogens is 386 g/mol. The average Bonchev–Trinajstić information content (AvgIpc) is 2.68.